The fourth-order valence-corrected chi connectivity index (χ4v) is 5.08. The van der Waals surface area contributed by atoms with Gasteiger partial charge < -0.3 is 5.11 Å². The molecule has 2 aromatic carbocycles. The van der Waals surface area contributed by atoms with E-state index in [2.05, 4.69) is 44.7 Å². The van der Waals surface area contributed by atoms with Crippen molar-refractivity contribution < 1.29 is 14.7 Å². The molecule has 156 valence electrons. The summed E-state index contributed by atoms with van der Waals surface area (Å²) in [5.41, 5.74) is 8.07. The van der Waals surface area contributed by atoms with Crippen LogP contribution < -0.4 is 0 Å². The van der Waals surface area contributed by atoms with E-state index >= 15 is 0 Å². The summed E-state index contributed by atoms with van der Waals surface area (Å²) in [5, 5.41) is 11.2. The summed E-state index contributed by atoms with van der Waals surface area (Å²) < 4.78 is 0. The maximum atomic E-state index is 11.3. The van der Waals surface area contributed by atoms with Crippen molar-refractivity contribution in [3.05, 3.63) is 104 Å². The number of allylic oxidation sites excluding steroid dienone is 1. The molecule has 1 aromatic heterocycles. The number of hydrogen-bond donors (Lipinski definition) is 1. The fraction of sp³-hybridized carbons (Fsp3) is 0.185. The van der Waals surface area contributed by atoms with Crippen LogP contribution in [0, 0.1) is 6.92 Å². The van der Waals surface area contributed by atoms with Gasteiger partial charge in [-0.15, -0.1) is 11.3 Å². The van der Waals surface area contributed by atoms with Gasteiger partial charge in [0, 0.05) is 15.8 Å². The number of hydrogen-bond acceptors (Lipinski definition) is 3. The molecule has 0 aliphatic heterocycles. The second-order valence-electron chi connectivity index (χ2n) is 8.64. The van der Waals surface area contributed by atoms with E-state index in [4.69, 9.17) is 0 Å². The number of thiophene rings is 1. The average Bonchev–Trinajstić information content (AvgIpc) is 3.21. The van der Waals surface area contributed by atoms with Crippen LogP contribution in [-0.4, -0.2) is 17.4 Å². The van der Waals surface area contributed by atoms with Crippen LogP contribution in [-0.2, 0) is 5.41 Å². The fourth-order valence-electron chi connectivity index (χ4n) is 4.17. The summed E-state index contributed by atoms with van der Waals surface area (Å²) in [5.74, 6) is -0.925. The molecule has 0 atom stereocenters. The van der Waals surface area contributed by atoms with Crippen LogP contribution in [0.5, 0.6) is 0 Å². The number of carbonyl (C=O) groups is 2. The Morgan fingerprint density at radius 3 is 2.48 bits per heavy atom. The van der Waals surface area contributed by atoms with Crippen LogP contribution >= 0.6 is 11.3 Å². The normalized spacial score (nSPS) is 14.5. The molecule has 1 aliphatic rings. The Balaban J connectivity index is 1.79. The Kier molecular flexibility index (Phi) is 5.28. The van der Waals surface area contributed by atoms with Gasteiger partial charge in [0.15, 0.2) is 6.29 Å². The van der Waals surface area contributed by atoms with E-state index < -0.39 is 5.97 Å². The minimum absolute atomic E-state index is 0.0170. The van der Waals surface area contributed by atoms with Crippen molar-refractivity contribution in [3.8, 4) is 0 Å². The van der Waals surface area contributed by atoms with E-state index in [1.807, 2.05) is 23.6 Å². The zero-order valence-corrected chi connectivity index (χ0v) is 18.7. The highest BCUT2D eigenvalue weighted by atomic mass is 32.1. The first-order valence-electron chi connectivity index (χ1n) is 10.1. The van der Waals surface area contributed by atoms with Crippen molar-refractivity contribution in [3.63, 3.8) is 0 Å². The molecule has 3 aromatic rings. The van der Waals surface area contributed by atoms with Crippen LogP contribution in [0.1, 0.15) is 73.7 Å². The summed E-state index contributed by atoms with van der Waals surface area (Å²) in [6, 6.07) is 13.7. The summed E-state index contributed by atoms with van der Waals surface area (Å²) in [4.78, 5) is 23.6. The Labute approximate surface area is 186 Å². The Bertz CT molecular complexity index is 1260. The molecule has 0 bridgehead atoms. The lowest BCUT2D eigenvalue weighted by Gasteiger charge is -2.32. The minimum atomic E-state index is -0.925. The number of carbonyl (C=O) groups excluding carboxylic acids is 1. The van der Waals surface area contributed by atoms with Gasteiger partial charge in [-0.1, -0.05) is 50.8 Å². The smallest absolute Gasteiger partial charge is 0.335 e. The number of aryl methyl sites for hydroxylation is 1. The van der Waals surface area contributed by atoms with Crippen LogP contribution in [0.4, 0.5) is 0 Å². The standard InChI is InChI=1S/C27H24O3S/c1-16-11-19(5-7-21(16)26(29)30)17(2)20-6-8-24-23(13-20)22(9-10-27(24,3)4)25-12-18(14-28)15-31-25/h5-9,11-15H,2,10H2,1,3-4H3,(H,29,30). The molecular weight excluding hydrogens is 404 g/mol. The molecule has 0 amide bonds. The average molecular weight is 429 g/mol. The maximum absolute atomic E-state index is 11.3. The number of carboxylic acid groups (broad SMARTS) is 1. The number of benzene rings is 2. The minimum Gasteiger partial charge on any atom is -0.478 e. The van der Waals surface area contributed by atoms with Gasteiger partial charge in [-0.25, -0.2) is 4.79 Å². The predicted octanol–water partition coefficient (Wildman–Crippen LogP) is 6.74. The lowest BCUT2D eigenvalue weighted by Crippen LogP contribution is -2.21. The molecule has 4 rings (SSSR count). The summed E-state index contributed by atoms with van der Waals surface area (Å²) >= 11 is 1.58. The molecule has 4 heteroatoms. The summed E-state index contributed by atoms with van der Waals surface area (Å²) in [7, 11) is 0. The van der Waals surface area contributed by atoms with E-state index in [1.54, 1.807) is 24.3 Å². The number of rotatable bonds is 5. The summed E-state index contributed by atoms with van der Waals surface area (Å²) in [6.45, 7) is 10.6. The van der Waals surface area contributed by atoms with Crippen LogP contribution in [0.15, 0.2) is 60.5 Å². The third kappa shape index (κ3) is 3.79. The number of fused-ring (bicyclic) bond motifs is 1. The molecular formula is C27H24O3S. The van der Waals surface area contributed by atoms with E-state index in [9.17, 15) is 14.7 Å². The molecule has 0 spiro atoms. The van der Waals surface area contributed by atoms with Gasteiger partial charge in [0.25, 0.3) is 0 Å². The van der Waals surface area contributed by atoms with Crippen LogP contribution in [0.2, 0.25) is 0 Å². The first kappa shape index (κ1) is 21.0. The van der Waals surface area contributed by atoms with E-state index in [0.717, 1.165) is 45.4 Å². The lowest BCUT2D eigenvalue weighted by atomic mass is 9.72. The Morgan fingerprint density at radius 1 is 1.13 bits per heavy atom. The van der Waals surface area contributed by atoms with E-state index in [0.29, 0.717) is 16.7 Å². The van der Waals surface area contributed by atoms with E-state index in [1.165, 1.54) is 5.56 Å². The highest BCUT2D eigenvalue weighted by Gasteiger charge is 2.29. The molecule has 31 heavy (non-hydrogen) atoms. The second kappa shape index (κ2) is 7.78. The van der Waals surface area contributed by atoms with Crippen LogP contribution in [0.25, 0.3) is 11.1 Å². The predicted molar refractivity (Wildman–Crippen MR) is 127 cm³/mol. The van der Waals surface area contributed by atoms with Gasteiger partial charge in [0.05, 0.1) is 5.56 Å². The quantitative estimate of drug-likeness (QED) is 0.458. The number of aldehydes is 1. The van der Waals surface area contributed by atoms with Gasteiger partial charge in [-0.3, -0.25) is 4.79 Å². The monoisotopic (exact) mass is 428 g/mol. The van der Waals surface area contributed by atoms with Crippen molar-refractivity contribution in [2.75, 3.05) is 0 Å². The zero-order chi connectivity index (χ0) is 22.3. The molecule has 0 radical (unpaired) electrons. The molecule has 0 saturated carbocycles. The van der Waals surface area contributed by atoms with Gasteiger partial charge in [0.2, 0.25) is 0 Å². The SMILES string of the molecule is C=C(c1ccc(C(=O)O)c(C)c1)c1ccc2c(c1)C(c1cc(C=O)cs1)=CCC2(C)C. The van der Waals surface area contributed by atoms with Crippen molar-refractivity contribution in [2.24, 2.45) is 0 Å². The largest absolute Gasteiger partial charge is 0.478 e. The van der Waals surface area contributed by atoms with E-state index in [-0.39, 0.29) is 5.41 Å². The van der Waals surface area contributed by atoms with Crippen molar-refractivity contribution in [1.29, 1.82) is 0 Å². The third-order valence-electron chi connectivity index (χ3n) is 6.03. The molecule has 0 fully saturated rings. The molecule has 1 N–H and O–H groups in total. The molecule has 1 heterocycles. The van der Waals surface area contributed by atoms with Gasteiger partial charge in [-0.2, -0.15) is 0 Å². The topological polar surface area (TPSA) is 54.4 Å². The second-order valence-corrected chi connectivity index (χ2v) is 9.55. The van der Waals surface area contributed by atoms with Gasteiger partial charge in [-0.05, 0) is 75.9 Å². The highest BCUT2D eigenvalue weighted by molar-refractivity contribution is 7.11. The van der Waals surface area contributed by atoms with Gasteiger partial charge >= 0.3 is 5.97 Å². The zero-order valence-electron chi connectivity index (χ0n) is 17.9. The highest BCUT2D eigenvalue weighted by Crippen LogP contribution is 2.43. The first-order chi connectivity index (χ1) is 14.7. The summed E-state index contributed by atoms with van der Waals surface area (Å²) in [6.07, 6.45) is 4.08. The van der Waals surface area contributed by atoms with Crippen LogP contribution in [0.3, 0.4) is 0 Å². The lowest BCUT2D eigenvalue weighted by molar-refractivity contribution is 0.0696. The molecule has 0 saturated heterocycles. The third-order valence-corrected chi connectivity index (χ3v) is 7.01. The van der Waals surface area contributed by atoms with Crippen molar-refractivity contribution in [1.82, 2.24) is 0 Å². The van der Waals surface area contributed by atoms with Gasteiger partial charge in [0.1, 0.15) is 0 Å². The molecule has 3 nitrogen and oxygen atoms in total. The number of carboxylic acids is 1. The first-order valence-corrected chi connectivity index (χ1v) is 11.0. The number of aromatic carboxylic acids is 1. The van der Waals surface area contributed by atoms with Crippen molar-refractivity contribution in [2.45, 2.75) is 32.6 Å². The molecule has 1 aliphatic carbocycles. The Hall–Kier alpha value is -3.24. The van der Waals surface area contributed by atoms with Crippen molar-refractivity contribution >= 4 is 34.7 Å². The molecule has 0 unspecified atom stereocenters. The maximum Gasteiger partial charge on any atom is 0.335 e. The Morgan fingerprint density at radius 2 is 1.84 bits per heavy atom.